The van der Waals surface area contributed by atoms with Gasteiger partial charge >= 0.3 is 5.97 Å². The fourth-order valence-electron chi connectivity index (χ4n) is 4.16. The van der Waals surface area contributed by atoms with Crippen molar-refractivity contribution in [3.63, 3.8) is 0 Å². The molecule has 158 valence electrons. The topological polar surface area (TPSA) is 86.8 Å². The molecule has 31 heavy (non-hydrogen) atoms. The molecule has 5 rings (SSSR count). The quantitative estimate of drug-likeness (QED) is 0.509. The number of ether oxygens (including phenoxy) is 3. The molecular weight excluding hydrogens is 396 g/mol. The highest BCUT2D eigenvalue weighted by atomic mass is 16.7. The van der Waals surface area contributed by atoms with Crippen LogP contribution < -0.4 is 14.8 Å². The van der Waals surface area contributed by atoms with Gasteiger partial charge in [0.15, 0.2) is 18.1 Å². The van der Waals surface area contributed by atoms with Gasteiger partial charge in [0.05, 0.1) is 11.1 Å². The summed E-state index contributed by atoms with van der Waals surface area (Å²) in [6, 6.07) is 12.7. The lowest BCUT2D eigenvalue weighted by Crippen LogP contribution is -2.22. The largest absolute Gasteiger partial charge is 0.454 e. The molecule has 1 aliphatic heterocycles. The van der Waals surface area contributed by atoms with Crippen LogP contribution in [0.4, 0.5) is 5.69 Å². The molecule has 1 N–H and O–H groups in total. The first-order valence-corrected chi connectivity index (χ1v) is 10.5. The van der Waals surface area contributed by atoms with Crippen LogP contribution in [0.25, 0.3) is 10.9 Å². The lowest BCUT2D eigenvalue weighted by Gasteiger charge is -2.15. The number of fused-ring (bicyclic) bond motifs is 3. The second-order valence-corrected chi connectivity index (χ2v) is 7.68. The lowest BCUT2D eigenvalue weighted by atomic mass is 9.97. The Morgan fingerprint density at radius 2 is 1.84 bits per heavy atom. The third kappa shape index (κ3) is 3.91. The van der Waals surface area contributed by atoms with Gasteiger partial charge in [0.25, 0.3) is 5.91 Å². The number of hydrogen-bond donors (Lipinski definition) is 1. The summed E-state index contributed by atoms with van der Waals surface area (Å²) in [5.74, 6) is 0.296. The Bertz CT molecular complexity index is 1170. The fourth-order valence-corrected chi connectivity index (χ4v) is 4.16. The summed E-state index contributed by atoms with van der Waals surface area (Å²) < 4.78 is 16.0. The number of nitrogens with zero attached hydrogens (tertiary/aromatic N) is 1. The molecule has 0 spiro atoms. The summed E-state index contributed by atoms with van der Waals surface area (Å²) in [5.41, 5.74) is 3.79. The molecule has 0 unspecified atom stereocenters. The highest BCUT2D eigenvalue weighted by Crippen LogP contribution is 2.34. The van der Waals surface area contributed by atoms with Crippen LogP contribution in [0.1, 0.15) is 40.9 Å². The van der Waals surface area contributed by atoms with E-state index in [1.54, 1.807) is 18.2 Å². The van der Waals surface area contributed by atoms with E-state index in [-0.39, 0.29) is 13.4 Å². The molecule has 2 aliphatic rings. The first-order chi connectivity index (χ1) is 15.2. The molecule has 0 saturated heterocycles. The molecule has 0 bridgehead atoms. The van der Waals surface area contributed by atoms with Gasteiger partial charge in [-0.3, -0.25) is 9.78 Å². The zero-order valence-electron chi connectivity index (χ0n) is 17.0. The highest BCUT2D eigenvalue weighted by molar-refractivity contribution is 6.06. The highest BCUT2D eigenvalue weighted by Gasteiger charge is 2.23. The Morgan fingerprint density at radius 1 is 1.00 bits per heavy atom. The van der Waals surface area contributed by atoms with Crippen molar-refractivity contribution >= 4 is 28.5 Å². The minimum absolute atomic E-state index is 0.161. The van der Waals surface area contributed by atoms with Crippen LogP contribution in [0.2, 0.25) is 0 Å². The van der Waals surface area contributed by atoms with Crippen LogP contribution in [0.3, 0.4) is 0 Å². The molecule has 0 saturated carbocycles. The molecule has 1 amide bonds. The maximum Gasteiger partial charge on any atom is 0.339 e. The minimum Gasteiger partial charge on any atom is -0.454 e. The van der Waals surface area contributed by atoms with Crippen molar-refractivity contribution in [2.45, 2.75) is 32.1 Å². The maximum absolute atomic E-state index is 13.1. The summed E-state index contributed by atoms with van der Waals surface area (Å²) in [6.07, 6.45) is 4.83. The van der Waals surface area contributed by atoms with Gasteiger partial charge in [-0.25, -0.2) is 4.79 Å². The van der Waals surface area contributed by atoms with Crippen LogP contribution in [0.15, 0.2) is 42.5 Å². The lowest BCUT2D eigenvalue weighted by molar-refractivity contribution is -0.119. The number of para-hydroxylation sites is 1. The predicted molar refractivity (Wildman–Crippen MR) is 114 cm³/mol. The number of aryl methyl sites for hydroxylation is 1. The first kappa shape index (κ1) is 19.4. The van der Waals surface area contributed by atoms with Gasteiger partial charge in [0, 0.05) is 22.8 Å². The van der Waals surface area contributed by atoms with Gasteiger partial charge in [-0.15, -0.1) is 0 Å². The molecule has 1 aromatic heterocycles. The number of pyridine rings is 1. The molecular formula is C24H22N2O5. The zero-order chi connectivity index (χ0) is 21.2. The number of rotatable bonds is 4. The number of esters is 1. The molecule has 7 nitrogen and oxygen atoms in total. The number of aromatic nitrogens is 1. The number of benzene rings is 2. The Kier molecular flexibility index (Phi) is 5.16. The van der Waals surface area contributed by atoms with E-state index in [0.717, 1.165) is 54.3 Å². The monoisotopic (exact) mass is 418 g/mol. The SMILES string of the molecule is O=C(COC(=O)c1c2c(nc3ccccc13)CCCCC2)Nc1ccc2c(c1)OCO2. The molecule has 7 heteroatoms. The van der Waals surface area contributed by atoms with Crippen molar-refractivity contribution in [2.75, 3.05) is 18.7 Å². The van der Waals surface area contributed by atoms with Gasteiger partial charge < -0.3 is 19.5 Å². The van der Waals surface area contributed by atoms with Crippen molar-refractivity contribution in [2.24, 2.45) is 0 Å². The van der Waals surface area contributed by atoms with E-state index in [0.29, 0.717) is 22.7 Å². The summed E-state index contributed by atoms with van der Waals surface area (Å²) in [7, 11) is 0. The third-order valence-corrected chi connectivity index (χ3v) is 5.61. The molecule has 3 aromatic rings. The van der Waals surface area contributed by atoms with E-state index in [1.807, 2.05) is 24.3 Å². The first-order valence-electron chi connectivity index (χ1n) is 10.5. The second kappa shape index (κ2) is 8.26. The molecule has 1 aliphatic carbocycles. The van der Waals surface area contributed by atoms with Gasteiger partial charge in [-0.1, -0.05) is 24.6 Å². The van der Waals surface area contributed by atoms with Crippen LogP contribution in [-0.4, -0.2) is 30.3 Å². The Morgan fingerprint density at radius 3 is 2.77 bits per heavy atom. The standard InChI is InChI=1S/C24H22N2O5/c27-22(25-15-10-11-20-21(12-15)31-14-30-20)13-29-24(28)23-16-6-2-1-3-8-18(16)26-19-9-5-4-7-17(19)23/h4-5,7,9-12H,1-3,6,8,13-14H2,(H,25,27). The van der Waals surface area contributed by atoms with Crippen molar-refractivity contribution in [3.8, 4) is 11.5 Å². The van der Waals surface area contributed by atoms with E-state index in [1.165, 1.54) is 0 Å². The average Bonchev–Trinajstić information content (AvgIpc) is 3.12. The minimum atomic E-state index is -0.488. The van der Waals surface area contributed by atoms with Crippen LogP contribution >= 0.6 is 0 Å². The molecule has 2 heterocycles. The van der Waals surface area contributed by atoms with Crippen LogP contribution in [0.5, 0.6) is 11.5 Å². The van der Waals surface area contributed by atoms with Crippen molar-refractivity contribution in [1.29, 1.82) is 0 Å². The van der Waals surface area contributed by atoms with Gasteiger partial charge in [0.2, 0.25) is 6.79 Å². The number of nitrogens with one attached hydrogen (secondary N) is 1. The number of carbonyl (C=O) groups excluding carboxylic acids is 2. The van der Waals surface area contributed by atoms with E-state index in [2.05, 4.69) is 5.32 Å². The fraction of sp³-hybridized carbons (Fsp3) is 0.292. The van der Waals surface area contributed by atoms with Gasteiger partial charge in [-0.2, -0.15) is 0 Å². The molecule has 0 radical (unpaired) electrons. The summed E-state index contributed by atoms with van der Waals surface area (Å²) in [5, 5.41) is 3.49. The smallest absolute Gasteiger partial charge is 0.339 e. The number of carbonyl (C=O) groups is 2. The summed E-state index contributed by atoms with van der Waals surface area (Å²) in [4.78, 5) is 30.3. The van der Waals surface area contributed by atoms with Crippen molar-refractivity contribution in [3.05, 3.63) is 59.3 Å². The molecule has 0 atom stereocenters. The van der Waals surface area contributed by atoms with Crippen LogP contribution in [0, 0.1) is 0 Å². The normalized spacial score (nSPS) is 14.6. The number of anilines is 1. The zero-order valence-corrected chi connectivity index (χ0v) is 17.0. The Labute approximate surface area is 179 Å². The number of hydrogen-bond acceptors (Lipinski definition) is 6. The van der Waals surface area contributed by atoms with E-state index < -0.39 is 11.9 Å². The van der Waals surface area contributed by atoms with E-state index in [9.17, 15) is 9.59 Å². The van der Waals surface area contributed by atoms with Crippen molar-refractivity contribution < 1.29 is 23.8 Å². The van der Waals surface area contributed by atoms with E-state index in [4.69, 9.17) is 19.2 Å². The Hall–Kier alpha value is -3.61. The maximum atomic E-state index is 13.1. The second-order valence-electron chi connectivity index (χ2n) is 7.68. The summed E-state index contributed by atoms with van der Waals surface area (Å²) in [6.45, 7) is -0.215. The molecule has 0 fully saturated rings. The predicted octanol–water partition coefficient (Wildman–Crippen LogP) is 4.03. The van der Waals surface area contributed by atoms with Crippen molar-refractivity contribution in [1.82, 2.24) is 4.98 Å². The van der Waals surface area contributed by atoms with E-state index >= 15 is 0 Å². The van der Waals surface area contributed by atoms with Gasteiger partial charge in [0.1, 0.15) is 0 Å². The summed E-state index contributed by atoms with van der Waals surface area (Å²) >= 11 is 0. The van der Waals surface area contributed by atoms with Crippen LogP contribution in [-0.2, 0) is 22.4 Å². The Balaban J connectivity index is 1.34. The molecule has 2 aromatic carbocycles. The average molecular weight is 418 g/mol. The van der Waals surface area contributed by atoms with Gasteiger partial charge in [-0.05, 0) is 49.4 Å². The number of amides is 1. The third-order valence-electron chi connectivity index (χ3n) is 5.61.